The van der Waals surface area contributed by atoms with Gasteiger partial charge in [-0.15, -0.1) is 0 Å². The van der Waals surface area contributed by atoms with Crippen LogP contribution in [0.25, 0.3) is 0 Å². The van der Waals surface area contributed by atoms with E-state index < -0.39 is 15.8 Å². The van der Waals surface area contributed by atoms with Gasteiger partial charge in [0.25, 0.3) is 0 Å². The number of aromatic nitrogens is 2. The summed E-state index contributed by atoms with van der Waals surface area (Å²) in [6.07, 6.45) is 4.91. The van der Waals surface area contributed by atoms with Crippen molar-refractivity contribution in [2.75, 3.05) is 17.6 Å². The van der Waals surface area contributed by atoms with Crippen molar-refractivity contribution in [1.82, 2.24) is 9.97 Å². The topological polar surface area (TPSA) is 84.1 Å². The minimum Gasteiger partial charge on any atom is -0.491 e. The summed E-state index contributed by atoms with van der Waals surface area (Å²) in [6.45, 7) is 0.417. The van der Waals surface area contributed by atoms with Crippen LogP contribution in [-0.4, -0.2) is 31.2 Å². The van der Waals surface area contributed by atoms with Gasteiger partial charge in [0.1, 0.15) is 11.6 Å². The standard InChI is InChI=1S/C13H14FN3O3S/c1-21(18,19)17-11-5-8(14)4-10-9(2-3-20-13(10)11)12-6-15-7-16-12/h4-7,9,17H,2-3H2,1H3,(H,15,16). The largest absolute Gasteiger partial charge is 0.491 e. The molecule has 6 nitrogen and oxygen atoms in total. The van der Waals surface area contributed by atoms with Crippen LogP contribution in [-0.2, 0) is 10.0 Å². The lowest BCUT2D eigenvalue weighted by atomic mass is 9.90. The molecule has 1 aliphatic rings. The number of nitrogens with zero attached hydrogens (tertiary/aromatic N) is 1. The zero-order valence-corrected chi connectivity index (χ0v) is 12.1. The Balaban J connectivity index is 2.11. The Morgan fingerprint density at radius 1 is 1.48 bits per heavy atom. The van der Waals surface area contributed by atoms with E-state index in [1.165, 1.54) is 6.07 Å². The van der Waals surface area contributed by atoms with Crippen molar-refractivity contribution in [3.8, 4) is 5.75 Å². The van der Waals surface area contributed by atoms with Gasteiger partial charge in [-0.05, 0) is 12.5 Å². The molecule has 112 valence electrons. The molecule has 1 atom stereocenters. The van der Waals surface area contributed by atoms with Gasteiger partial charge in [0.2, 0.25) is 10.0 Å². The molecule has 0 saturated carbocycles. The molecule has 2 N–H and O–H groups in total. The lowest BCUT2D eigenvalue weighted by Gasteiger charge is -2.27. The third-order valence-corrected chi connectivity index (χ3v) is 3.89. The molecule has 1 unspecified atom stereocenters. The highest BCUT2D eigenvalue weighted by molar-refractivity contribution is 7.92. The molecule has 0 bridgehead atoms. The molecular weight excluding hydrogens is 297 g/mol. The summed E-state index contributed by atoms with van der Waals surface area (Å²) in [6, 6.07) is 2.49. The second-order valence-electron chi connectivity index (χ2n) is 4.94. The van der Waals surface area contributed by atoms with Crippen LogP contribution in [0.1, 0.15) is 23.6 Å². The molecule has 1 aromatic carbocycles. The number of H-pyrrole nitrogens is 1. The van der Waals surface area contributed by atoms with E-state index in [2.05, 4.69) is 14.7 Å². The molecule has 2 heterocycles. The number of fused-ring (bicyclic) bond motifs is 1. The molecule has 0 amide bonds. The van der Waals surface area contributed by atoms with Crippen molar-refractivity contribution < 1.29 is 17.5 Å². The van der Waals surface area contributed by atoms with Crippen LogP contribution in [0.4, 0.5) is 10.1 Å². The number of imidazole rings is 1. The van der Waals surface area contributed by atoms with E-state index in [0.29, 0.717) is 24.3 Å². The normalized spacial score (nSPS) is 17.9. The van der Waals surface area contributed by atoms with E-state index in [4.69, 9.17) is 4.74 Å². The predicted octanol–water partition coefficient (Wildman–Crippen LogP) is 1.83. The highest BCUT2D eigenvalue weighted by Gasteiger charge is 2.28. The van der Waals surface area contributed by atoms with Gasteiger partial charge in [0.05, 0.1) is 24.9 Å². The number of rotatable bonds is 3. The smallest absolute Gasteiger partial charge is 0.229 e. The maximum absolute atomic E-state index is 13.8. The van der Waals surface area contributed by atoms with E-state index >= 15 is 0 Å². The quantitative estimate of drug-likeness (QED) is 0.906. The predicted molar refractivity (Wildman–Crippen MR) is 75.4 cm³/mol. The fourth-order valence-corrected chi connectivity index (χ4v) is 3.08. The number of aromatic amines is 1. The fraction of sp³-hybridized carbons (Fsp3) is 0.308. The Morgan fingerprint density at radius 2 is 2.29 bits per heavy atom. The van der Waals surface area contributed by atoms with Crippen LogP contribution in [0.2, 0.25) is 0 Å². The first kappa shape index (κ1) is 13.9. The average Bonchev–Trinajstić information content (AvgIpc) is 2.89. The van der Waals surface area contributed by atoms with Crippen molar-refractivity contribution in [2.24, 2.45) is 0 Å². The van der Waals surface area contributed by atoms with Crippen LogP contribution >= 0.6 is 0 Å². The van der Waals surface area contributed by atoms with Gasteiger partial charge in [-0.1, -0.05) is 0 Å². The number of ether oxygens (including phenoxy) is 1. The first-order chi connectivity index (χ1) is 9.94. The number of benzene rings is 1. The number of hydrogen-bond acceptors (Lipinski definition) is 4. The lowest BCUT2D eigenvalue weighted by molar-refractivity contribution is 0.276. The van der Waals surface area contributed by atoms with Gasteiger partial charge >= 0.3 is 0 Å². The molecule has 3 rings (SSSR count). The van der Waals surface area contributed by atoms with Crippen molar-refractivity contribution >= 4 is 15.7 Å². The van der Waals surface area contributed by atoms with Gasteiger partial charge in [0.15, 0.2) is 0 Å². The van der Waals surface area contributed by atoms with Crippen LogP contribution < -0.4 is 9.46 Å². The summed E-state index contributed by atoms with van der Waals surface area (Å²) in [4.78, 5) is 6.98. The molecule has 0 spiro atoms. The number of nitrogens with one attached hydrogen (secondary N) is 2. The maximum Gasteiger partial charge on any atom is 0.229 e. The van der Waals surface area contributed by atoms with E-state index in [9.17, 15) is 12.8 Å². The summed E-state index contributed by atoms with van der Waals surface area (Å²) in [7, 11) is -3.52. The second kappa shape index (κ2) is 5.03. The zero-order chi connectivity index (χ0) is 15.0. The molecule has 0 fully saturated rings. The molecule has 0 saturated heterocycles. The van der Waals surface area contributed by atoms with Gasteiger partial charge in [-0.3, -0.25) is 4.72 Å². The minimum absolute atomic E-state index is 0.105. The summed E-state index contributed by atoms with van der Waals surface area (Å²) in [5.74, 6) is -0.255. The number of sulfonamides is 1. The third kappa shape index (κ3) is 2.85. The summed E-state index contributed by atoms with van der Waals surface area (Å²) in [5.41, 5.74) is 1.57. The Labute approximate surface area is 121 Å². The Morgan fingerprint density at radius 3 is 2.95 bits per heavy atom. The second-order valence-corrected chi connectivity index (χ2v) is 6.69. The SMILES string of the molecule is CS(=O)(=O)Nc1cc(F)cc2c1OCCC2c1cnc[nH]1. The van der Waals surface area contributed by atoms with E-state index in [0.717, 1.165) is 18.0 Å². The highest BCUT2D eigenvalue weighted by atomic mass is 32.2. The lowest BCUT2D eigenvalue weighted by Crippen LogP contribution is -2.19. The molecule has 8 heteroatoms. The molecule has 0 radical (unpaired) electrons. The van der Waals surface area contributed by atoms with Gasteiger partial charge in [-0.2, -0.15) is 0 Å². The van der Waals surface area contributed by atoms with Crippen molar-refractivity contribution in [1.29, 1.82) is 0 Å². The Hall–Kier alpha value is -2.09. The first-order valence-electron chi connectivity index (χ1n) is 6.36. The van der Waals surface area contributed by atoms with Crippen LogP contribution in [0.15, 0.2) is 24.7 Å². The van der Waals surface area contributed by atoms with E-state index in [1.807, 2.05) is 0 Å². The number of hydrogen-bond donors (Lipinski definition) is 2. The van der Waals surface area contributed by atoms with Gasteiger partial charge in [0, 0.05) is 29.4 Å². The molecule has 0 aliphatic carbocycles. The molecule has 1 aromatic heterocycles. The van der Waals surface area contributed by atoms with Crippen molar-refractivity contribution in [3.05, 3.63) is 41.7 Å². The van der Waals surface area contributed by atoms with Crippen LogP contribution in [0.5, 0.6) is 5.75 Å². The van der Waals surface area contributed by atoms with E-state index in [-0.39, 0.29) is 11.6 Å². The Kier molecular flexibility index (Phi) is 3.32. The maximum atomic E-state index is 13.8. The summed E-state index contributed by atoms with van der Waals surface area (Å²) >= 11 is 0. The van der Waals surface area contributed by atoms with Crippen molar-refractivity contribution in [3.63, 3.8) is 0 Å². The first-order valence-corrected chi connectivity index (χ1v) is 8.25. The number of halogens is 1. The Bertz CT molecular complexity index is 759. The summed E-state index contributed by atoms with van der Waals surface area (Å²) < 4.78 is 44.5. The molecule has 2 aromatic rings. The molecule has 1 aliphatic heterocycles. The van der Waals surface area contributed by atoms with E-state index in [1.54, 1.807) is 12.5 Å². The highest BCUT2D eigenvalue weighted by Crippen LogP contribution is 2.42. The summed E-state index contributed by atoms with van der Waals surface area (Å²) in [5, 5.41) is 0. The number of anilines is 1. The van der Waals surface area contributed by atoms with Crippen LogP contribution in [0, 0.1) is 5.82 Å². The minimum atomic E-state index is -3.52. The molecular formula is C13H14FN3O3S. The van der Waals surface area contributed by atoms with Gasteiger partial charge < -0.3 is 9.72 Å². The van der Waals surface area contributed by atoms with Crippen molar-refractivity contribution in [2.45, 2.75) is 12.3 Å². The average molecular weight is 311 g/mol. The monoisotopic (exact) mass is 311 g/mol. The van der Waals surface area contributed by atoms with Crippen LogP contribution in [0.3, 0.4) is 0 Å². The molecule has 21 heavy (non-hydrogen) atoms. The third-order valence-electron chi connectivity index (χ3n) is 3.30. The zero-order valence-electron chi connectivity index (χ0n) is 11.3. The fourth-order valence-electron chi connectivity index (χ4n) is 2.52. The van der Waals surface area contributed by atoms with Gasteiger partial charge in [-0.25, -0.2) is 17.8 Å².